The minimum atomic E-state index is -0.0696. The summed E-state index contributed by atoms with van der Waals surface area (Å²) in [6.45, 7) is 7.30. The second kappa shape index (κ2) is 6.62. The van der Waals surface area contributed by atoms with Crippen LogP contribution in [0.3, 0.4) is 0 Å². The number of ether oxygens (including phenoxy) is 2. The molecule has 5 heteroatoms. The van der Waals surface area contributed by atoms with E-state index in [1.54, 1.807) is 0 Å². The highest BCUT2D eigenvalue weighted by Crippen LogP contribution is 2.34. The summed E-state index contributed by atoms with van der Waals surface area (Å²) in [5.74, 6) is 1.76. The van der Waals surface area contributed by atoms with E-state index in [2.05, 4.69) is 19.2 Å². The second-order valence-electron chi connectivity index (χ2n) is 6.03. The zero-order chi connectivity index (χ0) is 16.4. The van der Waals surface area contributed by atoms with Crippen LogP contribution in [0.2, 0.25) is 0 Å². The summed E-state index contributed by atoms with van der Waals surface area (Å²) in [6.07, 6.45) is 0. The minimum Gasteiger partial charge on any atom is -0.486 e. The molecule has 0 radical (unpaired) electrons. The lowest BCUT2D eigenvalue weighted by Crippen LogP contribution is -2.31. The Bertz CT molecular complexity index is 708. The summed E-state index contributed by atoms with van der Waals surface area (Å²) < 4.78 is 11.2. The molecule has 0 saturated heterocycles. The average molecular weight is 331 g/mol. The number of hydrogen-bond acceptors (Lipinski definition) is 4. The maximum Gasteiger partial charge on any atom is 0.262 e. The van der Waals surface area contributed by atoms with Crippen LogP contribution in [0.1, 0.15) is 40.7 Å². The molecule has 4 nitrogen and oxygen atoms in total. The molecule has 1 atom stereocenters. The van der Waals surface area contributed by atoms with E-state index in [-0.39, 0.29) is 17.9 Å². The van der Waals surface area contributed by atoms with Crippen molar-refractivity contribution in [1.82, 2.24) is 5.32 Å². The van der Waals surface area contributed by atoms with Crippen LogP contribution in [0.25, 0.3) is 0 Å². The smallest absolute Gasteiger partial charge is 0.262 e. The number of rotatable bonds is 4. The van der Waals surface area contributed by atoms with Gasteiger partial charge in [0.25, 0.3) is 5.91 Å². The monoisotopic (exact) mass is 331 g/mol. The highest BCUT2D eigenvalue weighted by atomic mass is 32.1. The van der Waals surface area contributed by atoms with Crippen LogP contribution >= 0.6 is 11.3 Å². The quantitative estimate of drug-likeness (QED) is 0.922. The fourth-order valence-electron chi connectivity index (χ4n) is 2.70. The summed E-state index contributed by atoms with van der Waals surface area (Å²) in [4.78, 5) is 13.3. The molecular formula is C18H21NO3S. The summed E-state index contributed by atoms with van der Waals surface area (Å²) in [5.41, 5.74) is 2.05. The maximum absolute atomic E-state index is 12.5. The van der Waals surface area contributed by atoms with Gasteiger partial charge in [-0.2, -0.15) is 0 Å². The minimum absolute atomic E-state index is 0.0221. The number of carbonyl (C=O) groups is 1. The maximum atomic E-state index is 12.5. The Morgan fingerprint density at radius 1 is 1.17 bits per heavy atom. The number of benzene rings is 1. The molecule has 0 unspecified atom stereocenters. The van der Waals surface area contributed by atoms with Crippen molar-refractivity contribution in [2.75, 3.05) is 13.2 Å². The van der Waals surface area contributed by atoms with Gasteiger partial charge < -0.3 is 14.8 Å². The predicted molar refractivity (Wildman–Crippen MR) is 91.5 cm³/mol. The number of nitrogens with one attached hydrogen (secondary N) is 1. The van der Waals surface area contributed by atoms with Crippen molar-refractivity contribution in [3.8, 4) is 11.5 Å². The molecule has 1 aromatic heterocycles. The molecular weight excluding hydrogens is 310 g/mol. The molecule has 3 rings (SSSR count). The van der Waals surface area contributed by atoms with Crippen molar-refractivity contribution in [1.29, 1.82) is 0 Å². The fraction of sp³-hybridized carbons (Fsp3) is 0.389. The van der Waals surface area contributed by atoms with Crippen LogP contribution in [-0.2, 0) is 0 Å². The Morgan fingerprint density at radius 3 is 2.57 bits per heavy atom. The molecule has 0 bridgehead atoms. The Balaban J connectivity index is 1.84. The summed E-state index contributed by atoms with van der Waals surface area (Å²) in [6, 6.07) is 7.79. The third kappa shape index (κ3) is 3.34. The van der Waals surface area contributed by atoms with E-state index in [0.29, 0.717) is 13.2 Å². The van der Waals surface area contributed by atoms with Crippen LogP contribution in [0.5, 0.6) is 11.5 Å². The third-order valence-corrected chi connectivity index (χ3v) is 4.96. The first kappa shape index (κ1) is 15.9. The molecule has 23 heavy (non-hydrogen) atoms. The molecule has 1 N–H and O–H groups in total. The molecule has 2 heterocycles. The molecule has 1 aromatic carbocycles. The number of aryl methyl sites for hydroxylation is 1. The first-order valence-electron chi connectivity index (χ1n) is 7.80. The van der Waals surface area contributed by atoms with E-state index < -0.39 is 0 Å². The van der Waals surface area contributed by atoms with Crippen molar-refractivity contribution >= 4 is 17.2 Å². The van der Waals surface area contributed by atoms with Gasteiger partial charge in [-0.3, -0.25) is 4.79 Å². The molecule has 0 saturated carbocycles. The van der Waals surface area contributed by atoms with Crippen LogP contribution in [0.4, 0.5) is 0 Å². The van der Waals surface area contributed by atoms with Gasteiger partial charge in [-0.15, -0.1) is 11.3 Å². The molecule has 0 fully saturated rings. The number of fused-ring (bicyclic) bond motifs is 1. The van der Waals surface area contributed by atoms with Crippen molar-refractivity contribution in [3.05, 3.63) is 45.6 Å². The Morgan fingerprint density at radius 2 is 1.91 bits per heavy atom. The van der Waals surface area contributed by atoms with Gasteiger partial charge in [0.2, 0.25) is 0 Å². The Kier molecular flexibility index (Phi) is 4.57. The lowest BCUT2D eigenvalue weighted by molar-refractivity contribution is 0.0929. The molecule has 1 amide bonds. The van der Waals surface area contributed by atoms with Gasteiger partial charge >= 0.3 is 0 Å². The van der Waals surface area contributed by atoms with E-state index in [1.807, 2.05) is 36.6 Å². The lowest BCUT2D eigenvalue weighted by Gasteiger charge is -2.25. The average Bonchev–Trinajstić information content (AvgIpc) is 2.98. The van der Waals surface area contributed by atoms with Crippen molar-refractivity contribution < 1.29 is 14.3 Å². The first-order chi connectivity index (χ1) is 11.1. The van der Waals surface area contributed by atoms with E-state index in [1.165, 1.54) is 11.3 Å². The Hall–Kier alpha value is -2.01. The van der Waals surface area contributed by atoms with Crippen molar-refractivity contribution in [2.24, 2.45) is 5.92 Å². The summed E-state index contributed by atoms with van der Waals surface area (Å²) in [5, 5.41) is 5.10. The second-order valence-corrected chi connectivity index (χ2v) is 6.95. The van der Waals surface area contributed by atoms with Gasteiger partial charge in [0.05, 0.1) is 10.9 Å². The fourth-order valence-corrected chi connectivity index (χ4v) is 3.53. The number of hydrogen-bond donors (Lipinski definition) is 1. The molecule has 0 spiro atoms. The topological polar surface area (TPSA) is 47.6 Å². The summed E-state index contributed by atoms with van der Waals surface area (Å²) >= 11 is 1.47. The van der Waals surface area contributed by atoms with Gasteiger partial charge in [0, 0.05) is 0 Å². The zero-order valence-corrected chi connectivity index (χ0v) is 14.4. The third-order valence-electron chi connectivity index (χ3n) is 3.95. The first-order valence-corrected chi connectivity index (χ1v) is 8.68. The molecule has 1 aliphatic rings. The van der Waals surface area contributed by atoms with Crippen LogP contribution in [0, 0.1) is 12.8 Å². The van der Waals surface area contributed by atoms with Crippen LogP contribution in [-0.4, -0.2) is 19.1 Å². The van der Waals surface area contributed by atoms with Crippen molar-refractivity contribution in [2.45, 2.75) is 26.8 Å². The van der Waals surface area contributed by atoms with Crippen LogP contribution < -0.4 is 14.8 Å². The van der Waals surface area contributed by atoms with Gasteiger partial charge in [-0.05, 0) is 47.5 Å². The van der Waals surface area contributed by atoms with Gasteiger partial charge in [-0.25, -0.2) is 0 Å². The normalized spacial score (nSPS) is 14.6. The standard InChI is InChI=1S/C18H21NO3S/c1-11(2)16(19-18(20)17-12(3)6-9-23-17)13-4-5-14-15(10-13)22-8-7-21-14/h4-6,9-11,16H,7-8H2,1-3H3,(H,19,20)/t16-/m1/s1. The summed E-state index contributed by atoms with van der Waals surface area (Å²) in [7, 11) is 0. The molecule has 1 aliphatic heterocycles. The van der Waals surface area contributed by atoms with Gasteiger partial charge in [0.15, 0.2) is 11.5 Å². The number of amides is 1. The van der Waals surface area contributed by atoms with E-state index in [4.69, 9.17) is 9.47 Å². The molecule has 122 valence electrons. The SMILES string of the molecule is Cc1ccsc1C(=O)N[C@@H](c1ccc2c(c1)OCCO2)C(C)C. The molecule has 2 aromatic rings. The van der Waals surface area contributed by atoms with E-state index in [0.717, 1.165) is 27.5 Å². The highest BCUT2D eigenvalue weighted by Gasteiger charge is 2.23. The number of thiophene rings is 1. The molecule has 0 aliphatic carbocycles. The van der Waals surface area contributed by atoms with Crippen molar-refractivity contribution in [3.63, 3.8) is 0 Å². The van der Waals surface area contributed by atoms with Gasteiger partial charge in [-0.1, -0.05) is 19.9 Å². The predicted octanol–water partition coefficient (Wildman–Crippen LogP) is 3.95. The van der Waals surface area contributed by atoms with E-state index in [9.17, 15) is 4.79 Å². The zero-order valence-electron chi connectivity index (χ0n) is 13.6. The highest BCUT2D eigenvalue weighted by molar-refractivity contribution is 7.12. The largest absolute Gasteiger partial charge is 0.486 e. The Labute approximate surface area is 140 Å². The van der Waals surface area contributed by atoms with Crippen LogP contribution in [0.15, 0.2) is 29.6 Å². The van der Waals surface area contributed by atoms with Gasteiger partial charge in [0.1, 0.15) is 13.2 Å². The lowest BCUT2D eigenvalue weighted by atomic mass is 9.95. The number of carbonyl (C=O) groups excluding carboxylic acids is 1. The van der Waals surface area contributed by atoms with E-state index >= 15 is 0 Å².